The Morgan fingerprint density at radius 1 is 1.15 bits per heavy atom. The number of fused-ring (bicyclic) bond motifs is 1. The van der Waals surface area contributed by atoms with E-state index in [1.165, 1.54) is 32.2 Å². The van der Waals surface area contributed by atoms with Crippen LogP contribution in [-0.2, 0) is 9.53 Å². The third-order valence-electron chi connectivity index (χ3n) is 6.28. The molecule has 2 amide bonds. The molecule has 0 fully saturated rings. The number of hydrogen-bond donors (Lipinski definition) is 2. The van der Waals surface area contributed by atoms with Crippen LogP contribution in [0.25, 0.3) is 5.76 Å². The number of nitrogens with zero attached hydrogens (tertiary/aromatic N) is 3. The van der Waals surface area contributed by atoms with Crippen LogP contribution >= 0.6 is 0 Å². The number of carbonyl (C=O) groups is 2. The minimum absolute atomic E-state index is 0.0513. The van der Waals surface area contributed by atoms with Crippen LogP contribution in [-0.4, -0.2) is 49.4 Å². The fourth-order valence-corrected chi connectivity index (χ4v) is 4.42. The van der Waals surface area contributed by atoms with Gasteiger partial charge in [-0.2, -0.15) is 18.4 Å². The predicted octanol–water partition coefficient (Wildman–Crippen LogP) is 4.26. The van der Waals surface area contributed by atoms with E-state index < -0.39 is 59.6 Å². The largest absolute Gasteiger partial charge is 0.441 e. The molecule has 2 aliphatic rings. The number of benzene rings is 2. The van der Waals surface area contributed by atoms with Gasteiger partial charge in [0.2, 0.25) is 5.90 Å². The third-order valence-corrected chi connectivity index (χ3v) is 6.28. The molecule has 3 unspecified atom stereocenters. The molecule has 13 heteroatoms. The molecule has 0 saturated carbocycles. The Hall–Kier alpha value is -4.60. The van der Waals surface area contributed by atoms with E-state index in [1.807, 2.05) is 0 Å². The van der Waals surface area contributed by atoms with Crippen LogP contribution in [0.2, 0.25) is 0 Å². The number of halogens is 5. The van der Waals surface area contributed by atoms with Gasteiger partial charge in [-0.05, 0) is 55.3 Å². The van der Waals surface area contributed by atoms with Crippen molar-refractivity contribution in [2.75, 3.05) is 13.6 Å². The van der Waals surface area contributed by atoms with Crippen molar-refractivity contribution in [2.45, 2.75) is 31.5 Å². The van der Waals surface area contributed by atoms with E-state index in [1.54, 1.807) is 6.07 Å². The molecule has 0 aliphatic carbocycles. The average molecular weight is 559 g/mol. The Morgan fingerprint density at radius 3 is 2.48 bits per heavy atom. The summed E-state index contributed by atoms with van der Waals surface area (Å²) in [6.07, 6.45) is -4.71. The van der Waals surface area contributed by atoms with E-state index in [4.69, 9.17) is 10.00 Å². The number of amidine groups is 1. The fraction of sp³-hybridized carbons (Fsp3) is 0.296. The standard InChI is InChI=1S/C27H22F5N5O3/c1-13(11-33)36-24(38)18-9-15(5-8-20(18)29)17-10-19-21(25(39)34-2)22(14-3-6-16(28)7-4-14)40-26(19)37-23(17)35-12-27(30,31)32/h3-9,13,17,19H,10,12H2,1-2H3,(H,34,39)(H,36,38). The maximum Gasteiger partial charge on any atom is 0.408 e. The Bertz CT molecular complexity index is 1470. The van der Waals surface area contributed by atoms with E-state index in [0.717, 1.165) is 24.3 Å². The molecule has 3 atom stereocenters. The maximum atomic E-state index is 14.6. The zero-order valence-electron chi connectivity index (χ0n) is 21.1. The first-order valence-corrected chi connectivity index (χ1v) is 12.0. The number of nitriles is 1. The summed E-state index contributed by atoms with van der Waals surface area (Å²) >= 11 is 0. The lowest BCUT2D eigenvalue weighted by Gasteiger charge is -2.27. The van der Waals surface area contributed by atoms with Crippen LogP contribution in [0, 0.1) is 28.9 Å². The summed E-state index contributed by atoms with van der Waals surface area (Å²) < 4.78 is 73.3. The van der Waals surface area contributed by atoms with Crippen LogP contribution in [0.5, 0.6) is 0 Å². The normalized spacial score (nSPS) is 20.2. The quantitative estimate of drug-likeness (QED) is 0.515. The molecule has 8 nitrogen and oxygen atoms in total. The molecule has 0 aromatic heterocycles. The van der Waals surface area contributed by atoms with E-state index in [-0.39, 0.29) is 35.0 Å². The van der Waals surface area contributed by atoms with Gasteiger partial charge in [0.05, 0.1) is 23.1 Å². The monoisotopic (exact) mass is 559 g/mol. The molecule has 2 N–H and O–H groups in total. The topological polar surface area (TPSA) is 116 Å². The van der Waals surface area contributed by atoms with Crippen molar-refractivity contribution in [1.29, 1.82) is 5.26 Å². The molecule has 40 heavy (non-hydrogen) atoms. The Kier molecular flexibility index (Phi) is 7.99. The molecule has 0 radical (unpaired) electrons. The molecule has 2 aliphatic heterocycles. The van der Waals surface area contributed by atoms with Crippen molar-refractivity contribution in [1.82, 2.24) is 10.6 Å². The molecule has 0 spiro atoms. The minimum atomic E-state index is -4.66. The molecule has 2 heterocycles. The number of rotatable bonds is 6. The summed E-state index contributed by atoms with van der Waals surface area (Å²) in [7, 11) is 1.39. The van der Waals surface area contributed by atoms with Gasteiger partial charge in [-0.25, -0.2) is 13.8 Å². The zero-order chi connectivity index (χ0) is 29.2. The third kappa shape index (κ3) is 6.01. The van der Waals surface area contributed by atoms with Gasteiger partial charge in [-0.15, -0.1) is 0 Å². The Labute approximate surface area is 225 Å². The molecular formula is C27H22F5N5O3. The maximum absolute atomic E-state index is 14.6. The summed E-state index contributed by atoms with van der Waals surface area (Å²) in [5.74, 6) is -5.01. The second kappa shape index (κ2) is 11.3. The summed E-state index contributed by atoms with van der Waals surface area (Å²) in [6, 6.07) is 9.37. The van der Waals surface area contributed by atoms with Crippen molar-refractivity contribution in [3.8, 4) is 6.07 Å². The lowest BCUT2D eigenvalue weighted by molar-refractivity contribution is -0.118. The van der Waals surface area contributed by atoms with Crippen molar-refractivity contribution in [3.63, 3.8) is 0 Å². The SMILES string of the molecule is CNC(=O)C1=C(c2ccc(F)cc2)OC2=NC(=NCC(F)(F)F)C(c3ccc(F)c(C(=O)NC(C)C#N)c3)CC21. The Morgan fingerprint density at radius 2 is 1.85 bits per heavy atom. The fourth-order valence-electron chi connectivity index (χ4n) is 4.42. The van der Waals surface area contributed by atoms with Crippen molar-refractivity contribution >= 4 is 29.3 Å². The highest BCUT2D eigenvalue weighted by molar-refractivity contribution is 6.14. The molecule has 4 rings (SSSR count). The van der Waals surface area contributed by atoms with Crippen molar-refractivity contribution in [2.24, 2.45) is 15.9 Å². The number of hydrogen-bond acceptors (Lipinski definition) is 5. The minimum Gasteiger partial charge on any atom is -0.441 e. The van der Waals surface area contributed by atoms with Crippen LogP contribution in [0.1, 0.15) is 40.7 Å². The molecule has 208 valence electrons. The number of likely N-dealkylation sites (N-methyl/N-ethyl adjacent to an activating group) is 1. The van der Waals surface area contributed by atoms with Crippen LogP contribution in [0.15, 0.2) is 58.0 Å². The van der Waals surface area contributed by atoms with Crippen LogP contribution in [0.3, 0.4) is 0 Å². The first-order valence-electron chi connectivity index (χ1n) is 12.0. The highest BCUT2D eigenvalue weighted by Crippen LogP contribution is 2.43. The lowest BCUT2D eigenvalue weighted by Crippen LogP contribution is -2.33. The van der Waals surface area contributed by atoms with E-state index >= 15 is 0 Å². The molecule has 0 saturated heterocycles. The van der Waals surface area contributed by atoms with Gasteiger partial charge in [0.1, 0.15) is 35.8 Å². The van der Waals surface area contributed by atoms with Crippen molar-refractivity contribution < 1.29 is 36.3 Å². The highest BCUT2D eigenvalue weighted by atomic mass is 19.4. The summed E-state index contributed by atoms with van der Waals surface area (Å²) in [4.78, 5) is 33.4. The van der Waals surface area contributed by atoms with E-state index in [9.17, 15) is 31.5 Å². The number of nitrogens with one attached hydrogen (secondary N) is 2. The number of amides is 2. The summed E-state index contributed by atoms with van der Waals surface area (Å²) in [6.45, 7) is -0.167. The number of carbonyl (C=O) groups excluding carboxylic acids is 2. The zero-order valence-corrected chi connectivity index (χ0v) is 21.1. The summed E-state index contributed by atoms with van der Waals surface area (Å²) in [5.41, 5.74) is 0.248. The van der Waals surface area contributed by atoms with Gasteiger partial charge in [-0.3, -0.25) is 14.6 Å². The second-order valence-electron chi connectivity index (χ2n) is 9.07. The van der Waals surface area contributed by atoms with Gasteiger partial charge in [-0.1, -0.05) is 6.07 Å². The van der Waals surface area contributed by atoms with Crippen molar-refractivity contribution in [3.05, 3.63) is 76.4 Å². The predicted molar refractivity (Wildman–Crippen MR) is 134 cm³/mol. The number of alkyl halides is 3. The smallest absolute Gasteiger partial charge is 0.408 e. The van der Waals surface area contributed by atoms with Gasteiger partial charge >= 0.3 is 6.18 Å². The van der Waals surface area contributed by atoms with Gasteiger partial charge in [0.15, 0.2) is 0 Å². The molecule has 2 aromatic carbocycles. The van der Waals surface area contributed by atoms with E-state index in [0.29, 0.717) is 5.56 Å². The van der Waals surface area contributed by atoms with Crippen LogP contribution < -0.4 is 10.6 Å². The summed E-state index contributed by atoms with van der Waals surface area (Å²) in [5, 5.41) is 13.8. The molecular weight excluding hydrogens is 537 g/mol. The van der Waals surface area contributed by atoms with Crippen LogP contribution in [0.4, 0.5) is 22.0 Å². The van der Waals surface area contributed by atoms with E-state index in [2.05, 4.69) is 20.6 Å². The molecule has 2 aromatic rings. The lowest BCUT2D eigenvalue weighted by atomic mass is 9.81. The number of ether oxygens (including phenoxy) is 1. The molecule has 0 bridgehead atoms. The van der Waals surface area contributed by atoms with Gasteiger partial charge < -0.3 is 15.4 Å². The first kappa shape index (κ1) is 28.4. The average Bonchev–Trinajstić information content (AvgIpc) is 3.29. The first-order chi connectivity index (χ1) is 18.9. The second-order valence-corrected chi connectivity index (χ2v) is 9.07. The number of aliphatic imine (C=N–C) groups is 2. The Balaban J connectivity index is 1.81. The van der Waals surface area contributed by atoms with Gasteiger partial charge in [0.25, 0.3) is 11.8 Å². The highest BCUT2D eigenvalue weighted by Gasteiger charge is 2.44. The van der Waals surface area contributed by atoms with Gasteiger partial charge in [0, 0.05) is 18.5 Å².